The molecule has 0 spiro atoms. The van der Waals surface area contributed by atoms with Crippen LogP contribution in [0.5, 0.6) is 0 Å². The number of aliphatic hydroxyl groups is 2. The van der Waals surface area contributed by atoms with Gasteiger partial charge >= 0.3 is 6.03 Å². The van der Waals surface area contributed by atoms with Gasteiger partial charge in [0.15, 0.2) is 0 Å². The first-order chi connectivity index (χ1) is 8.56. The van der Waals surface area contributed by atoms with Gasteiger partial charge in [0.05, 0.1) is 12.7 Å². The van der Waals surface area contributed by atoms with Crippen LogP contribution >= 0.6 is 0 Å². The smallest absolute Gasteiger partial charge is 0.326 e. The van der Waals surface area contributed by atoms with E-state index in [0.29, 0.717) is 0 Å². The Labute approximate surface area is 104 Å². The van der Waals surface area contributed by atoms with Crippen molar-refractivity contribution in [3.05, 3.63) is 0 Å². The topological polar surface area (TPSA) is 111 Å². The monoisotopic (exact) mass is 259 g/mol. The minimum atomic E-state index is -0.807. The van der Waals surface area contributed by atoms with E-state index in [1.807, 2.05) is 0 Å². The molecule has 8 heteroatoms. The number of urea groups is 1. The summed E-state index contributed by atoms with van der Waals surface area (Å²) in [6.45, 7) is -0.127. The van der Waals surface area contributed by atoms with E-state index in [1.54, 1.807) is 7.05 Å². The third kappa shape index (κ3) is 2.32. The highest BCUT2D eigenvalue weighted by molar-refractivity contribution is 5.99. The number of imide groups is 1. The van der Waals surface area contributed by atoms with E-state index in [2.05, 4.69) is 10.6 Å². The van der Waals surface area contributed by atoms with Crippen LogP contribution in [0.4, 0.5) is 4.79 Å². The second-order valence-corrected chi connectivity index (χ2v) is 4.40. The van der Waals surface area contributed by atoms with Crippen molar-refractivity contribution in [2.45, 2.75) is 30.9 Å². The molecule has 8 nitrogen and oxygen atoms in total. The SMILES string of the molecule is CNC1CN(C2CC(O)C(CO)O2)C(=O)NC1=O. The summed E-state index contributed by atoms with van der Waals surface area (Å²) in [5.41, 5.74) is 0. The Kier molecular flexibility index (Phi) is 3.81. The van der Waals surface area contributed by atoms with Gasteiger partial charge in [-0.25, -0.2) is 4.79 Å². The van der Waals surface area contributed by atoms with Gasteiger partial charge in [-0.15, -0.1) is 0 Å². The van der Waals surface area contributed by atoms with Crippen molar-refractivity contribution >= 4 is 11.9 Å². The molecule has 2 rings (SSSR count). The molecule has 2 saturated heterocycles. The summed E-state index contributed by atoms with van der Waals surface area (Å²) in [5.74, 6) is -0.379. The van der Waals surface area contributed by atoms with Crippen LogP contribution in [0.1, 0.15) is 6.42 Å². The summed E-state index contributed by atoms with van der Waals surface area (Å²) in [6.07, 6.45) is -1.89. The fraction of sp³-hybridized carbons (Fsp3) is 0.800. The maximum absolute atomic E-state index is 11.7. The van der Waals surface area contributed by atoms with Crippen molar-refractivity contribution in [2.24, 2.45) is 0 Å². The van der Waals surface area contributed by atoms with Crippen molar-refractivity contribution in [1.82, 2.24) is 15.5 Å². The summed E-state index contributed by atoms with van der Waals surface area (Å²) in [7, 11) is 1.62. The fourth-order valence-corrected chi connectivity index (χ4v) is 2.17. The van der Waals surface area contributed by atoms with Crippen molar-refractivity contribution in [2.75, 3.05) is 20.2 Å². The van der Waals surface area contributed by atoms with Crippen LogP contribution in [-0.2, 0) is 9.53 Å². The lowest BCUT2D eigenvalue weighted by Crippen LogP contribution is -2.63. The number of nitrogens with zero attached hydrogens (tertiary/aromatic N) is 1. The molecule has 0 bridgehead atoms. The minimum absolute atomic E-state index is 0.177. The number of rotatable bonds is 3. The number of carbonyl (C=O) groups is 2. The molecule has 0 saturated carbocycles. The summed E-state index contributed by atoms with van der Waals surface area (Å²) in [4.78, 5) is 24.5. The normalized spacial score (nSPS) is 36.9. The maximum atomic E-state index is 11.7. The fourth-order valence-electron chi connectivity index (χ4n) is 2.17. The number of nitrogens with one attached hydrogen (secondary N) is 2. The Morgan fingerprint density at radius 2 is 2.28 bits per heavy atom. The minimum Gasteiger partial charge on any atom is -0.394 e. The maximum Gasteiger partial charge on any atom is 0.326 e. The van der Waals surface area contributed by atoms with Crippen LogP contribution in [0, 0.1) is 0 Å². The zero-order chi connectivity index (χ0) is 13.3. The highest BCUT2D eigenvalue weighted by atomic mass is 16.5. The van der Waals surface area contributed by atoms with Gasteiger partial charge in [-0.2, -0.15) is 0 Å². The third-order valence-corrected chi connectivity index (χ3v) is 3.27. The first-order valence-electron chi connectivity index (χ1n) is 5.80. The molecule has 2 fully saturated rings. The van der Waals surface area contributed by atoms with Gasteiger partial charge in [-0.1, -0.05) is 0 Å². The molecule has 0 aromatic rings. The van der Waals surface area contributed by atoms with E-state index in [0.717, 1.165) is 0 Å². The van der Waals surface area contributed by atoms with Gasteiger partial charge in [-0.05, 0) is 7.05 Å². The molecular formula is C10H17N3O5. The first kappa shape index (κ1) is 13.2. The summed E-state index contributed by atoms with van der Waals surface area (Å²) >= 11 is 0. The molecule has 0 aliphatic carbocycles. The lowest BCUT2D eigenvalue weighted by atomic mass is 10.1. The van der Waals surface area contributed by atoms with E-state index >= 15 is 0 Å². The number of hydrogen-bond donors (Lipinski definition) is 4. The molecule has 2 aliphatic rings. The van der Waals surface area contributed by atoms with Gasteiger partial charge in [0.1, 0.15) is 18.4 Å². The molecule has 18 heavy (non-hydrogen) atoms. The summed E-state index contributed by atoms with van der Waals surface area (Å²) in [5, 5.41) is 23.6. The number of amides is 3. The molecule has 2 heterocycles. The Balaban J connectivity index is 2.04. The van der Waals surface area contributed by atoms with E-state index in [-0.39, 0.29) is 25.5 Å². The van der Waals surface area contributed by atoms with Crippen molar-refractivity contribution in [3.8, 4) is 0 Å². The van der Waals surface area contributed by atoms with Crippen molar-refractivity contribution in [3.63, 3.8) is 0 Å². The average Bonchev–Trinajstić information content (AvgIpc) is 2.70. The second-order valence-electron chi connectivity index (χ2n) is 4.40. The molecule has 4 atom stereocenters. The van der Waals surface area contributed by atoms with Gasteiger partial charge in [0.25, 0.3) is 0 Å². The van der Waals surface area contributed by atoms with E-state index in [4.69, 9.17) is 9.84 Å². The van der Waals surface area contributed by atoms with Gasteiger partial charge in [0.2, 0.25) is 5.91 Å². The molecule has 102 valence electrons. The van der Waals surface area contributed by atoms with Crippen LogP contribution in [0.25, 0.3) is 0 Å². The number of likely N-dealkylation sites (N-methyl/N-ethyl adjacent to an activating group) is 1. The van der Waals surface area contributed by atoms with Crippen molar-refractivity contribution in [1.29, 1.82) is 0 Å². The van der Waals surface area contributed by atoms with Crippen molar-refractivity contribution < 1.29 is 24.5 Å². The predicted octanol–water partition coefficient (Wildman–Crippen LogP) is -2.41. The highest BCUT2D eigenvalue weighted by Crippen LogP contribution is 2.24. The molecule has 3 amide bonds. The summed E-state index contributed by atoms with van der Waals surface area (Å²) < 4.78 is 5.39. The lowest BCUT2D eigenvalue weighted by molar-refractivity contribution is -0.126. The van der Waals surface area contributed by atoms with Crippen LogP contribution in [0.15, 0.2) is 0 Å². The average molecular weight is 259 g/mol. The molecule has 0 radical (unpaired) electrons. The van der Waals surface area contributed by atoms with E-state index < -0.39 is 30.5 Å². The molecular weight excluding hydrogens is 242 g/mol. The Bertz CT molecular complexity index is 350. The van der Waals surface area contributed by atoms with Gasteiger partial charge < -0.3 is 20.3 Å². The van der Waals surface area contributed by atoms with Gasteiger partial charge in [-0.3, -0.25) is 15.0 Å². The molecule has 0 aromatic carbocycles. The lowest BCUT2D eigenvalue weighted by Gasteiger charge is -2.35. The third-order valence-electron chi connectivity index (χ3n) is 3.27. The van der Waals surface area contributed by atoms with Crippen LogP contribution in [-0.4, -0.2) is 71.7 Å². The second kappa shape index (κ2) is 5.19. The molecule has 2 aliphatic heterocycles. The number of aliphatic hydroxyl groups excluding tert-OH is 2. The van der Waals surface area contributed by atoms with Crippen LogP contribution < -0.4 is 10.6 Å². The van der Waals surface area contributed by atoms with E-state index in [9.17, 15) is 14.7 Å². The van der Waals surface area contributed by atoms with Crippen LogP contribution in [0.2, 0.25) is 0 Å². The standard InChI is InChI=1S/C10H17N3O5/c1-11-5-3-13(10(17)12-9(5)16)8-2-6(15)7(4-14)18-8/h5-8,11,14-15H,2-4H2,1H3,(H,12,16,17). The quantitative estimate of drug-likeness (QED) is 0.449. The van der Waals surface area contributed by atoms with E-state index in [1.165, 1.54) is 4.90 Å². The zero-order valence-electron chi connectivity index (χ0n) is 10.00. The molecule has 4 unspecified atom stereocenters. The zero-order valence-corrected chi connectivity index (χ0v) is 10.00. The number of hydrogen-bond acceptors (Lipinski definition) is 6. The Morgan fingerprint density at radius 3 is 2.83 bits per heavy atom. The molecule has 4 N–H and O–H groups in total. The Hall–Kier alpha value is -1.22. The molecule has 0 aromatic heterocycles. The first-order valence-corrected chi connectivity index (χ1v) is 5.80. The highest BCUT2D eigenvalue weighted by Gasteiger charge is 2.42. The Morgan fingerprint density at radius 1 is 1.56 bits per heavy atom. The van der Waals surface area contributed by atoms with Crippen LogP contribution in [0.3, 0.4) is 0 Å². The van der Waals surface area contributed by atoms with Gasteiger partial charge in [0, 0.05) is 13.0 Å². The number of carbonyl (C=O) groups excluding carboxylic acids is 2. The predicted molar refractivity (Wildman–Crippen MR) is 59.5 cm³/mol. The largest absolute Gasteiger partial charge is 0.394 e. The number of ether oxygens (including phenoxy) is 1. The summed E-state index contributed by atoms with van der Waals surface area (Å²) in [6, 6.07) is -1.04.